The summed E-state index contributed by atoms with van der Waals surface area (Å²) in [6.07, 6.45) is 10.6. The summed E-state index contributed by atoms with van der Waals surface area (Å²) < 4.78 is 0. The van der Waals surface area contributed by atoms with E-state index in [4.69, 9.17) is 0 Å². The zero-order valence-corrected chi connectivity index (χ0v) is 6.77. The molecule has 0 aromatic carbocycles. The molecule has 1 aromatic heterocycles. The van der Waals surface area contributed by atoms with Crippen molar-refractivity contribution in [3.63, 3.8) is 0 Å². The van der Waals surface area contributed by atoms with E-state index in [9.17, 15) is 0 Å². The third-order valence-electron chi connectivity index (χ3n) is 3.05. The summed E-state index contributed by atoms with van der Waals surface area (Å²) in [6, 6.07) is 2.04. The Morgan fingerprint density at radius 2 is 2.50 bits per heavy atom. The molecule has 0 radical (unpaired) electrons. The zero-order chi connectivity index (χ0) is 8.02. The Labute approximate surface area is 71.4 Å². The Morgan fingerprint density at radius 1 is 1.50 bits per heavy atom. The molecule has 2 aliphatic rings. The number of aromatic nitrogens is 2. The van der Waals surface area contributed by atoms with Crippen molar-refractivity contribution in [3.8, 4) is 0 Å². The van der Waals surface area contributed by atoms with E-state index in [2.05, 4.69) is 22.1 Å². The highest BCUT2D eigenvalue weighted by Gasteiger charge is 2.56. The van der Waals surface area contributed by atoms with Crippen LogP contribution in [-0.2, 0) is 5.41 Å². The van der Waals surface area contributed by atoms with E-state index in [1.54, 1.807) is 6.33 Å². The molecule has 0 spiro atoms. The van der Waals surface area contributed by atoms with Gasteiger partial charge in [0.1, 0.15) is 6.33 Å². The van der Waals surface area contributed by atoms with Gasteiger partial charge >= 0.3 is 0 Å². The zero-order valence-electron chi connectivity index (χ0n) is 6.77. The largest absolute Gasteiger partial charge is 0.245 e. The van der Waals surface area contributed by atoms with E-state index in [0.717, 1.165) is 5.92 Å². The first-order valence-electron chi connectivity index (χ1n) is 4.36. The number of hydrogen-bond acceptors (Lipinski definition) is 2. The Hall–Kier alpha value is -1.18. The van der Waals surface area contributed by atoms with Gasteiger partial charge < -0.3 is 0 Å². The van der Waals surface area contributed by atoms with Crippen LogP contribution in [0.5, 0.6) is 0 Å². The number of nitrogens with zero attached hydrogens (tertiary/aromatic N) is 2. The highest BCUT2D eigenvalue weighted by Crippen LogP contribution is 2.60. The van der Waals surface area contributed by atoms with Crippen molar-refractivity contribution >= 4 is 0 Å². The van der Waals surface area contributed by atoms with Crippen molar-refractivity contribution in [3.05, 3.63) is 36.4 Å². The quantitative estimate of drug-likeness (QED) is 0.581. The lowest BCUT2D eigenvalue weighted by Crippen LogP contribution is -2.05. The Bertz CT molecular complexity index is 331. The standard InChI is InChI=1S/C10H10N2/c1-2-8-6-10(8,4-1)9-3-5-11-7-12-9/h1,3-5,7-8H,2,6H2. The number of hydrogen-bond donors (Lipinski definition) is 0. The van der Waals surface area contributed by atoms with Gasteiger partial charge in [-0.05, 0) is 24.8 Å². The summed E-state index contributed by atoms with van der Waals surface area (Å²) in [5.41, 5.74) is 1.53. The maximum absolute atomic E-state index is 4.31. The Morgan fingerprint density at radius 3 is 3.08 bits per heavy atom. The van der Waals surface area contributed by atoms with Gasteiger partial charge in [-0.25, -0.2) is 9.97 Å². The second kappa shape index (κ2) is 1.94. The van der Waals surface area contributed by atoms with Gasteiger partial charge in [0.15, 0.2) is 0 Å². The Balaban J connectivity index is 2.06. The van der Waals surface area contributed by atoms with Crippen LogP contribution in [0.1, 0.15) is 18.5 Å². The third-order valence-corrected chi connectivity index (χ3v) is 3.05. The fraction of sp³-hybridized carbons (Fsp3) is 0.400. The van der Waals surface area contributed by atoms with Gasteiger partial charge in [0, 0.05) is 11.6 Å². The lowest BCUT2D eigenvalue weighted by molar-refractivity contribution is 0.745. The molecule has 0 saturated heterocycles. The van der Waals surface area contributed by atoms with Gasteiger partial charge in [0.2, 0.25) is 0 Å². The van der Waals surface area contributed by atoms with Crippen LogP contribution < -0.4 is 0 Å². The normalized spacial score (nSPS) is 36.5. The molecule has 0 amide bonds. The topological polar surface area (TPSA) is 25.8 Å². The van der Waals surface area contributed by atoms with Crippen LogP contribution in [0.3, 0.4) is 0 Å². The fourth-order valence-electron chi connectivity index (χ4n) is 2.25. The van der Waals surface area contributed by atoms with Crippen LogP contribution in [0, 0.1) is 5.92 Å². The molecule has 1 aromatic rings. The van der Waals surface area contributed by atoms with Crippen molar-refractivity contribution < 1.29 is 0 Å². The summed E-state index contributed by atoms with van der Waals surface area (Å²) in [7, 11) is 0. The van der Waals surface area contributed by atoms with Gasteiger partial charge in [-0.2, -0.15) is 0 Å². The molecule has 1 saturated carbocycles. The molecule has 60 valence electrons. The molecule has 0 bridgehead atoms. The summed E-state index contributed by atoms with van der Waals surface area (Å²) in [5, 5.41) is 0. The van der Waals surface area contributed by atoms with Gasteiger partial charge in [-0.15, -0.1) is 0 Å². The molecule has 2 unspecified atom stereocenters. The monoisotopic (exact) mass is 158 g/mol. The third kappa shape index (κ3) is 0.649. The Kier molecular flexibility index (Phi) is 1.03. The van der Waals surface area contributed by atoms with Crippen molar-refractivity contribution in [2.45, 2.75) is 18.3 Å². The predicted octanol–water partition coefficient (Wildman–Crippen LogP) is 1.69. The molecule has 2 atom stereocenters. The average Bonchev–Trinajstić information content (AvgIpc) is 2.72. The molecule has 3 rings (SSSR count). The molecule has 0 N–H and O–H groups in total. The summed E-state index contributed by atoms with van der Waals surface area (Å²) >= 11 is 0. The van der Waals surface area contributed by atoms with Gasteiger partial charge in [-0.1, -0.05) is 12.2 Å². The van der Waals surface area contributed by atoms with Crippen molar-refractivity contribution in [2.24, 2.45) is 5.92 Å². The highest BCUT2D eigenvalue weighted by molar-refractivity contribution is 5.38. The lowest BCUT2D eigenvalue weighted by atomic mass is 10.0. The second-order valence-electron chi connectivity index (χ2n) is 3.67. The molecule has 1 heterocycles. The summed E-state index contributed by atoms with van der Waals surface area (Å²) in [4.78, 5) is 8.24. The van der Waals surface area contributed by atoms with Crippen LogP contribution >= 0.6 is 0 Å². The highest BCUT2D eigenvalue weighted by atomic mass is 14.8. The summed E-state index contributed by atoms with van der Waals surface area (Å²) in [6.45, 7) is 0. The van der Waals surface area contributed by atoms with Gasteiger partial charge in [0.05, 0.1) is 5.69 Å². The summed E-state index contributed by atoms with van der Waals surface area (Å²) in [5.74, 6) is 0.840. The maximum atomic E-state index is 4.31. The molecule has 2 aliphatic carbocycles. The van der Waals surface area contributed by atoms with E-state index in [-0.39, 0.29) is 0 Å². The average molecular weight is 158 g/mol. The van der Waals surface area contributed by atoms with E-state index in [1.807, 2.05) is 12.3 Å². The maximum Gasteiger partial charge on any atom is 0.115 e. The molecule has 12 heavy (non-hydrogen) atoms. The van der Waals surface area contributed by atoms with Gasteiger partial charge in [-0.3, -0.25) is 0 Å². The van der Waals surface area contributed by atoms with E-state index in [1.165, 1.54) is 18.5 Å². The van der Waals surface area contributed by atoms with Crippen LogP contribution in [-0.4, -0.2) is 9.97 Å². The molecule has 2 heteroatoms. The van der Waals surface area contributed by atoms with E-state index in [0.29, 0.717) is 5.41 Å². The molecular formula is C10H10N2. The smallest absolute Gasteiger partial charge is 0.115 e. The lowest BCUT2D eigenvalue weighted by Gasteiger charge is -2.06. The minimum absolute atomic E-state index is 0.322. The number of fused-ring (bicyclic) bond motifs is 1. The molecule has 2 nitrogen and oxygen atoms in total. The van der Waals surface area contributed by atoms with Gasteiger partial charge in [0.25, 0.3) is 0 Å². The van der Waals surface area contributed by atoms with Crippen molar-refractivity contribution in [1.29, 1.82) is 0 Å². The first kappa shape index (κ1) is 6.35. The SMILES string of the molecule is C1=CC2(c3ccncn3)CC2C1. The second-order valence-corrected chi connectivity index (χ2v) is 3.67. The van der Waals surface area contributed by atoms with Crippen LogP contribution in [0.2, 0.25) is 0 Å². The first-order valence-corrected chi connectivity index (χ1v) is 4.36. The molecule has 1 fully saturated rings. The first-order chi connectivity index (χ1) is 5.92. The van der Waals surface area contributed by atoms with E-state index >= 15 is 0 Å². The van der Waals surface area contributed by atoms with Crippen LogP contribution in [0.15, 0.2) is 30.7 Å². The minimum atomic E-state index is 0.322. The molecular weight excluding hydrogens is 148 g/mol. The fourth-order valence-corrected chi connectivity index (χ4v) is 2.25. The number of allylic oxidation sites excluding steroid dienone is 2. The minimum Gasteiger partial charge on any atom is -0.245 e. The predicted molar refractivity (Wildman–Crippen MR) is 45.6 cm³/mol. The van der Waals surface area contributed by atoms with Crippen LogP contribution in [0.4, 0.5) is 0 Å². The van der Waals surface area contributed by atoms with Crippen LogP contribution in [0.25, 0.3) is 0 Å². The molecule has 0 aliphatic heterocycles. The number of rotatable bonds is 1. The van der Waals surface area contributed by atoms with Crippen molar-refractivity contribution in [2.75, 3.05) is 0 Å². The van der Waals surface area contributed by atoms with Crippen molar-refractivity contribution in [1.82, 2.24) is 9.97 Å². The van der Waals surface area contributed by atoms with E-state index < -0.39 is 0 Å².